The molecule has 1 aliphatic heterocycles. The number of piperidine rings is 1. The Hall–Kier alpha value is -0.330. The Labute approximate surface area is 128 Å². The number of carbonyl (C=O) groups excluding carboxylic acids is 1. The summed E-state index contributed by atoms with van der Waals surface area (Å²) in [4.78, 5) is 12.1. The van der Waals surface area contributed by atoms with Gasteiger partial charge in [0.15, 0.2) is 0 Å². The summed E-state index contributed by atoms with van der Waals surface area (Å²) < 4.78 is 1.19. The number of benzene rings is 1. The van der Waals surface area contributed by atoms with Crippen molar-refractivity contribution in [2.24, 2.45) is 5.92 Å². The molecule has 3 nitrogen and oxygen atoms in total. The zero-order chi connectivity index (χ0) is 12.3. The molecule has 1 aliphatic rings. The first-order chi connectivity index (χ1) is 8.16. The summed E-state index contributed by atoms with van der Waals surface area (Å²) in [5, 5.41) is 6.29. The molecule has 2 rings (SSSR count). The van der Waals surface area contributed by atoms with E-state index in [1.165, 1.54) is 3.57 Å². The van der Waals surface area contributed by atoms with Crippen LogP contribution in [0.15, 0.2) is 18.2 Å². The van der Waals surface area contributed by atoms with E-state index in [4.69, 9.17) is 0 Å². The smallest absolute Gasteiger partial charge is 0.228 e. The molecule has 1 atom stereocenters. The summed E-state index contributed by atoms with van der Waals surface area (Å²) in [7, 11) is 0. The fraction of sp³-hybridized carbons (Fsp3) is 0.462. The standard InChI is InChI=1S/C13H17IN2O.ClH/c1-9-7-11(14)4-5-12(9)16-13(17)10-3-2-6-15-8-10;/h4-5,7,10,15H,2-3,6,8H2,1H3,(H,16,17);1H. The summed E-state index contributed by atoms with van der Waals surface area (Å²) in [6, 6.07) is 6.07. The lowest BCUT2D eigenvalue weighted by Crippen LogP contribution is -2.37. The highest BCUT2D eigenvalue weighted by molar-refractivity contribution is 14.1. The van der Waals surface area contributed by atoms with E-state index < -0.39 is 0 Å². The van der Waals surface area contributed by atoms with Gasteiger partial charge in [0.2, 0.25) is 5.91 Å². The van der Waals surface area contributed by atoms with Crippen molar-refractivity contribution in [3.8, 4) is 0 Å². The molecule has 100 valence electrons. The number of anilines is 1. The first kappa shape index (κ1) is 15.7. The summed E-state index contributed by atoms with van der Waals surface area (Å²) in [6.07, 6.45) is 2.08. The SMILES string of the molecule is Cc1cc(I)ccc1NC(=O)C1CCCNC1.Cl. The molecule has 0 aromatic heterocycles. The fourth-order valence-corrected chi connectivity index (χ4v) is 2.72. The molecule has 2 N–H and O–H groups in total. The molecule has 0 radical (unpaired) electrons. The van der Waals surface area contributed by atoms with Crippen LogP contribution < -0.4 is 10.6 Å². The number of hydrogen-bond donors (Lipinski definition) is 2. The maximum atomic E-state index is 12.1. The summed E-state index contributed by atoms with van der Waals surface area (Å²) in [5.74, 6) is 0.254. The molecule has 1 amide bonds. The highest BCUT2D eigenvalue weighted by Crippen LogP contribution is 2.19. The van der Waals surface area contributed by atoms with Crippen molar-refractivity contribution in [1.82, 2.24) is 5.32 Å². The van der Waals surface area contributed by atoms with Gasteiger partial charge < -0.3 is 10.6 Å². The molecule has 1 fully saturated rings. The molecule has 1 heterocycles. The lowest BCUT2D eigenvalue weighted by molar-refractivity contribution is -0.120. The normalized spacial score (nSPS) is 18.9. The van der Waals surface area contributed by atoms with Crippen LogP contribution in [0.3, 0.4) is 0 Å². The van der Waals surface area contributed by atoms with Crippen LogP contribution >= 0.6 is 35.0 Å². The quantitative estimate of drug-likeness (QED) is 0.775. The molecule has 0 bridgehead atoms. The first-order valence-electron chi connectivity index (χ1n) is 5.94. The van der Waals surface area contributed by atoms with E-state index in [0.717, 1.165) is 37.2 Å². The van der Waals surface area contributed by atoms with Crippen molar-refractivity contribution in [2.45, 2.75) is 19.8 Å². The van der Waals surface area contributed by atoms with Crippen LogP contribution in [-0.4, -0.2) is 19.0 Å². The van der Waals surface area contributed by atoms with Crippen LogP contribution in [0.4, 0.5) is 5.69 Å². The second-order valence-corrected chi connectivity index (χ2v) is 5.74. The molecule has 1 saturated heterocycles. The average Bonchev–Trinajstić information content (AvgIpc) is 2.34. The third-order valence-corrected chi connectivity index (χ3v) is 3.78. The molecule has 18 heavy (non-hydrogen) atoms. The summed E-state index contributed by atoms with van der Waals surface area (Å²) in [6.45, 7) is 3.86. The Balaban J connectivity index is 0.00000162. The number of aryl methyl sites for hydroxylation is 1. The Morgan fingerprint density at radius 1 is 1.50 bits per heavy atom. The van der Waals surface area contributed by atoms with E-state index in [9.17, 15) is 4.79 Å². The van der Waals surface area contributed by atoms with Crippen LogP contribution in [-0.2, 0) is 4.79 Å². The van der Waals surface area contributed by atoms with Crippen molar-refractivity contribution < 1.29 is 4.79 Å². The topological polar surface area (TPSA) is 41.1 Å². The van der Waals surface area contributed by atoms with Gasteiger partial charge in [-0.05, 0) is 72.7 Å². The molecule has 1 aromatic carbocycles. The minimum Gasteiger partial charge on any atom is -0.326 e. The fourth-order valence-electron chi connectivity index (χ4n) is 2.08. The number of rotatable bonds is 2. The molecule has 0 spiro atoms. The van der Waals surface area contributed by atoms with Gasteiger partial charge in [-0.1, -0.05) is 0 Å². The van der Waals surface area contributed by atoms with Crippen LogP contribution in [0, 0.1) is 16.4 Å². The Kier molecular flexibility index (Phi) is 6.38. The largest absolute Gasteiger partial charge is 0.326 e. The molecule has 0 aliphatic carbocycles. The van der Waals surface area contributed by atoms with E-state index >= 15 is 0 Å². The predicted molar refractivity (Wildman–Crippen MR) is 85.4 cm³/mol. The van der Waals surface area contributed by atoms with Crippen LogP contribution in [0.1, 0.15) is 18.4 Å². The molecular formula is C13H18ClIN2O. The number of hydrogen-bond acceptors (Lipinski definition) is 2. The van der Waals surface area contributed by atoms with Gasteiger partial charge in [-0.25, -0.2) is 0 Å². The Bertz CT molecular complexity index is 419. The number of amides is 1. The molecule has 5 heteroatoms. The third-order valence-electron chi connectivity index (χ3n) is 3.11. The van der Waals surface area contributed by atoms with Gasteiger partial charge in [0.25, 0.3) is 0 Å². The van der Waals surface area contributed by atoms with Gasteiger partial charge in [0, 0.05) is 15.8 Å². The summed E-state index contributed by atoms with van der Waals surface area (Å²) >= 11 is 2.28. The van der Waals surface area contributed by atoms with E-state index in [1.54, 1.807) is 0 Å². The highest BCUT2D eigenvalue weighted by atomic mass is 127. The minimum atomic E-state index is 0. The predicted octanol–water partition coefficient (Wildman–Crippen LogP) is 2.96. The summed E-state index contributed by atoms with van der Waals surface area (Å²) in [5.41, 5.74) is 2.05. The molecular weight excluding hydrogens is 363 g/mol. The van der Waals surface area contributed by atoms with Gasteiger partial charge >= 0.3 is 0 Å². The highest BCUT2D eigenvalue weighted by Gasteiger charge is 2.21. The monoisotopic (exact) mass is 380 g/mol. The van der Waals surface area contributed by atoms with Crippen LogP contribution in [0.2, 0.25) is 0 Å². The Morgan fingerprint density at radius 2 is 2.28 bits per heavy atom. The minimum absolute atomic E-state index is 0. The molecule has 1 aromatic rings. The van der Waals surface area contributed by atoms with Crippen LogP contribution in [0.5, 0.6) is 0 Å². The third kappa shape index (κ3) is 4.10. The number of nitrogens with one attached hydrogen (secondary N) is 2. The van der Waals surface area contributed by atoms with E-state index in [2.05, 4.69) is 39.3 Å². The second-order valence-electron chi connectivity index (χ2n) is 4.49. The molecule has 1 unspecified atom stereocenters. The average molecular weight is 381 g/mol. The van der Waals surface area contributed by atoms with Gasteiger partial charge in [-0.2, -0.15) is 0 Å². The van der Waals surface area contributed by atoms with Gasteiger partial charge in [0.05, 0.1) is 5.92 Å². The van der Waals surface area contributed by atoms with E-state index in [-0.39, 0.29) is 24.2 Å². The maximum absolute atomic E-state index is 12.1. The molecule has 0 saturated carbocycles. The zero-order valence-electron chi connectivity index (χ0n) is 10.3. The van der Waals surface area contributed by atoms with Crippen molar-refractivity contribution >= 4 is 46.6 Å². The second kappa shape index (κ2) is 7.31. The van der Waals surface area contributed by atoms with Gasteiger partial charge in [-0.15, -0.1) is 12.4 Å². The van der Waals surface area contributed by atoms with Crippen molar-refractivity contribution in [1.29, 1.82) is 0 Å². The number of carbonyl (C=O) groups is 1. The van der Waals surface area contributed by atoms with Crippen molar-refractivity contribution in [3.05, 3.63) is 27.3 Å². The Morgan fingerprint density at radius 3 is 2.89 bits per heavy atom. The number of halogens is 2. The van der Waals surface area contributed by atoms with Crippen molar-refractivity contribution in [2.75, 3.05) is 18.4 Å². The van der Waals surface area contributed by atoms with Crippen LogP contribution in [0.25, 0.3) is 0 Å². The van der Waals surface area contributed by atoms with Gasteiger partial charge in [-0.3, -0.25) is 4.79 Å². The maximum Gasteiger partial charge on any atom is 0.228 e. The lowest BCUT2D eigenvalue weighted by Gasteiger charge is -2.22. The van der Waals surface area contributed by atoms with E-state index in [1.807, 2.05) is 19.1 Å². The first-order valence-corrected chi connectivity index (χ1v) is 7.02. The van der Waals surface area contributed by atoms with E-state index in [0.29, 0.717) is 0 Å². The van der Waals surface area contributed by atoms with Gasteiger partial charge in [0.1, 0.15) is 0 Å². The lowest BCUT2D eigenvalue weighted by atomic mass is 9.98. The van der Waals surface area contributed by atoms with Crippen molar-refractivity contribution in [3.63, 3.8) is 0 Å². The zero-order valence-corrected chi connectivity index (χ0v) is 13.3.